The Bertz CT molecular complexity index is 519. The van der Waals surface area contributed by atoms with Crippen LogP contribution in [0.4, 0.5) is 13.6 Å². The number of ether oxygens (including phenoxy) is 1. The zero-order chi connectivity index (χ0) is 12.3. The van der Waals surface area contributed by atoms with Crippen molar-refractivity contribution in [2.45, 2.75) is 0 Å². The lowest BCUT2D eigenvalue weighted by Gasteiger charge is -2.03. The van der Waals surface area contributed by atoms with E-state index >= 15 is 0 Å². The van der Waals surface area contributed by atoms with Crippen LogP contribution in [0.15, 0.2) is 18.2 Å². The molecule has 0 aliphatic carbocycles. The smallest absolute Gasteiger partial charge is 0.410 e. The molecule has 1 N–H and O–H groups in total. The van der Waals surface area contributed by atoms with E-state index in [9.17, 15) is 22.0 Å². The van der Waals surface area contributed by atoms with Gasteiger partial charge in [-0.25, -0.2) is 18.3 Å². The second-order valence-electron chi connectivity index (χ2n) is 2.51. The van der Waals surface area contributed by atoms with E-state index in [1.807, 2.05) is 0 Å². The fraction of sp³-hybridized carbons (Fsp3) is 0. The minimum absolute atomic E-state index is 0.364. The van der Waals surface area contributed by atoms with Crippen LogP contribution in [0.3, 0.4) is 0 Å². The average molecular weight is 272 g/mol. The molecule has 0 saturated carbocycles. The van der Waals surface area contributed by atoms with Crippen molar-refractivity contribution in [1.82, 2.24) is 4.72 Å². The van der Waals surface area contributed by atoms with Crippen molar-refractivity contribution in [3.63, 3.8) is 0 Å². The molecule has 1 aromatic carbocycles. The lowest BCUT2D eigenvalue weighted by Crippen LogP contribution is -2.29. The van der Waals surface area contributed by atoms with E-state index in [0.717, 1.165) is 6.07 Å². The van der Waals surface area contributed by atoms with Gasteiger partial charge in [0.25, 0.3) is 0 Å². The Morgan fingerprint density at radius 1 is 1.31 bits per heavy atom. The molecule has 0 heterocycles. The SMILES string of the molecule is O=C(NS(=O)(=O)Cl)Oc1ccc(F)c(F)c1. The van der Waals surface area contributed by atoms with Gasteiger partial charge in [-0.15, -0.1) is 0 Å². The van der Waals surface area contributed by atoms with E-state index in [4.69, 9.17) is 0 Å². The van der Waals surface area contributed by atoms with E-state index in [2.05, 4.69) is 15.4 Å². The van der Waals surface area contributed by atoms with Crippen molar-refractivity contribution < 1.29 is 26.7 Å². The molecule has 16 heavy (non-hydrogen) atoms. The van der Waals surface area contributed by atoms with E-state index in [1.54, 1.807) is 0 Å². The molecule has 0 fully saturated rings. The van der Waals surface area contributed by atoms with Crippen molar-refractivity contribution in [3.8, 4) is 5.75 Å². The van der Waals surface area contributed by atoms with Crippen molar-refractivity contribution in [2.75, 3.05) is 0 Å². The van der Waals surface area contributed by atoms with Gasteiger partial charge in [-0.3, -0.25) is 0 Å². The minimum atomic E-state index is -4.28. The molecule has 0 aliphatic rings. The quantitative estimate of drug-likeness (QED) is 0.828. The molecular formula is C7H4ClF2NO4S. The topological polar surface area (TPSA) is 72.5 Å². The van der Waals surface area contributed by atoms with Gasteiger partial charge in [0, 0.05) is 16.7 Å². The molecule has 0 radical (unpaired) electrons. The molecule has 1 amide bonds. The van der Waals surface area contributed by atoms with Gasteiger partial charge in [0.1, 0.15) is 5.75 Å². The predicted octanol–water partition coefficient (Wildman–Crippen LogP) is 1.54. The Morgan fingerprint density at radius 3 is 2.44 bits per heavy atom. The van der Waals surface area contributed by atoms with Crippen LogP contribution in [-0.4, -0.2) is 14.5 Å². The molecule has 0 unspecified atom stereocenters. The zero-order valence-electron chi connectivity index (χ0n) is 7.41. The van der Waals surface area contributed by atoms with Crippen molar-refractivity contribution in [2.24, 2.45) is 0 Å². The number of hydrogen-bond acceptors (Lipinski definition) is 4. The van der Waals surface area contributed by atoms with E-state index in [0.29, 0.717) is 12.1 Å². The number of halogens is 3. The molecule has 5 nitrogen and oxygen atoms in total. The fourth-order valence-electron chi connectivity index (χ4n) is 0.768. The second kappa shape index (κ2) is 4.62. The lowest BCUT2D eigenvalue weighted by molar-refractivity contribution is 0.206. The Labute approximate surface area is 93.5 Å². The van der Waals surface area contributed by atoms with Gasteiger partial charge in [0.05, 0.1) is 0 Å². The molecule has 0 spiro atoms. The Balaban J connectivity index is 2.74. The van der Waals surface area contributed by atoms with Crippen LogP contribution >= 0.6 is 10.7 Å². The van der Waals surface area contributed by atoms with Crippen LogP contribution in [0.25, 0.3) is 0 Å². The van der Waals surface area contributed by atoms with Crippen LogP contribution in [0.2, 0.25) is 0 Å². The third-order valence-corrected chi connectivity index (χ3v) is 1.95. The van der Waals surface area contributed by atoms with Crippen molar-refractivity contribution >= 4 is 26.0 Å². The highest BCUT2D eigenvalue weighted by molar-refractivity contribution is 8.12. The number of nitrogens with one attached hydrogen (secondary N) is 1. The number of hydrogen-bond donors (Lipinski definition) is 1. The van der Waals surface area contributed by atoms with Gasteiger partial charge >= 0.3 is 15.3 Å². The average Bonchev–Trinajstić information content (AvgIpc) is 2.08. The van der Waals surface area contributed by atoms with Crippen LogP contribution in [0.5, 0.6) is 5.75 Å². The number of benzene rings is 1. The summed E-state index contributed by atoms with van der Waals surface area (Å²) in [7, 11) is 0.395. The molecule has 9 heteroatoms. The third kappa shape index (κ3) is 3.99. The number of carbonyl (C=O) groups is 1. The van der Waals surface area contributed by atoms with E-state index in [-0.39, 0.29) is 5.75 Å². The molecule has 0 bridgehead atoms. The lowest BCUT2D eigenvalue weighted by atomic mass is 10.3. The normalized spacial score (nSPS) is 10.9. The van der Waals surface area contributed by atoms with Gasteiger partial charge < -0.3 is 4.74 Å². The maximum atomic E-state index is 12.6. The standard InChI is InChI=1S/C7H4ClF2NO4S/c8-16(13,14)11-7(12)15-4-1-2-5(9)6(10)3-4/h1-3H,(H,11,12). The van der Waals surface area contributed by atoms with Crippen LogP contribution in [0, 0.1) is 11.6 Å². The van der Waals surface area contributed by atoms with Gasteiger partial charge in [0.2, 0.25) is 0 Å². The summed E-state index contributed by atoms with van der Waals surface area (Å²) in [5.41, 5.74) is 0. The summed E-state index contributed by atoms with van der Waals surface area (Å²) >= 11 is 0. The van der Waals surface area contributed by atoms with Crippen LogP contribution < -0.4 is 9.46 Å². The maximum absolute atomic E-state index is 12.6. The monoisotopic (exact) mass is 271 g/mol. The summed E-state index contributed by atoms with van der Waals surface area (Å²) in [6.45, 7) is 0. The van der Waals surface area contributed by atoms with Gasteiger partial charge in [0.15, 0.2) is 11.6 Å². The highest BCUT2D eigenvalue weighted by Gasteiger charge is 2.13. The maximum Gasteiger partial charge on any atom is 0.427 e. The number of rotatable bonds is 2. The first-order valence-electron chi connectivity index (χ1n) is 3.67. The predicted molar refractivity (Wildman–Crippen MR) is 50.3 cm³/mol. The van der Waals surface area contributed by atoms with Crippen LogP contribution in [0.1, 0.15) is 0 Å². The molecule has 0 aliphatic heterocycles. The first kappa shape index (κ1) is 12.7. The summed E-state index contributed by atoms with van der Waals surface area (Å²) in [6.07, 6.45) is -1.43. The third-order valence-electron chi connectivity index (χ3n) is 1.31. The van der Waals surface area contributed by atoms with E-state index in [1.165, 1.54) is 4.72 Å². The minimum Gasteiger partial charge on any atom is -0.410 e. The van der Waals surface area contributed by atoms with Crippen LogP contribution in [-0.2, 0) is 9.24 Å². The number of carbonyl (C=O) groups excluding carboxylic acids is 1. The summed E-state index contributed by atoms with van der Waals surface area (Å²) in [5.74, 6) is -2.73. The van der Waals surface area contributed by atoms with Gasteiger partial charge in [-0.2, -0.15) is 8.42 Å². The second-order valence-corrected chi connectivity index (χ2v) is 4.80. The van der Waals surface area contributed by atoms with Crippen molar-refractivity contribution in [3.05, 3.63) is 29.8 Å². The molecular weight excluding hydrogens is 268 g/mol. The highest BCUT2D eigenvalue weighted by Crippen LogP contribution is 2.15. The first-order chi connectivity index (χ1) is 7.28. The summed E-state index contributed by atoms with van der Waals surface area (Å²) in [5, 5.41) is 0. The Kier molecular flexibility index (Phi) is 3.66. The van der Waals surface area contributed by atoms with Gasteiger partial charge in [-0.1, -0.05) is 0 Å². The molecule has 1 aromatic rings. The Hall–Kier alpha value is -1.41. The van der Waals surface area contributed by atoms with E-state index < -0.39 is 27.0 Å². The first-order valence-corrected chi connectivity index (χ1v) is 5.98. The highest BCUT2D eigenvalue weighted by atomic mass is 35.7. The molecule has 1 rings (SSSR count). The largest absolute Gasteiger partial charge is 0.427 e. The molecule has 88 valence electrons. The molecule has 0 saturated heterocycles. The van der Waals surface area contributed by atoms with Crippen molar-refractivity contribution in [1.29, 1.82) is 0 Å². The summed E-state index contributed by atoms with van der Waals surface area (Å²) < 4.78 is 51.4. The summed E-state index contributed by atoms with van der Waals surface area (Å²) in [4.78, 5) is 10.8. The zero-order valence-corrected chi connectivity index (χ0v) is 8.98. The van der Waals surface area contributed by atoms with Gasteiger partial charge in [-0.05, 0) is 12.1 Å². The Morgan fingerprint density at radius 2 is 1.94 bits per heavy atom. The molecule has 0 aromatic heterocycles. The fourth-order valence-corrected chi connectivity index (χ4v) is 1.20. The molecule has 0 atom stereocenters. The summed E-state index contributed by atoms with van der Waals surface area (Å²) in [6, 6.07) is 2.24. The number of amides is 1.